The predicted octanol–water partition coefficient (Wildman–Crippen LogP) is 1.21. The molecule has 0 saturated heterocycles. The molecule has 1 heterocycles. The van der Waals surface area contributed by atoms with Crippen LogP contribution >= 0.6 is 0 Å². The summed E-state index contributed by atoms with van der Waals surface area (Å²) in [5.41, 5.74) is 0. The van der Waals surface area contributed by atoms with Crippen LogP contribution in [0.5, 0.6) is 0 Å². The minimum Gasteiger partial charge on any atom is -0.345 e. The molecule has 0 unspecified atom stereocenters. The summed E-state index contributed by atoms with van der Waals surface area (Å²) in [6.07, 6.45) is -0.568. The summed E-state index contributed by atoms with van der Waals surface area (Å²) in [7, 11) is 3.68. The molecule has 0 aliphatic heterocycles. The molecule has 0 radical (unpaired) electrons. The van der Waals surface area contributed by atoms with Gasteiger partial charge in [0.25, 0.3) is 11.8 Å². The highest BCUT2D eigenvalue weighted by atomic mass is 16.7. The number of ether oxygens (including phenoxy) is 2. The first-order valence-electron chi connectivity index (χ1n) is 4.93. The van der Waals surface area contributed by atoms with Gasteiger partial charge in [-0.2, -0.15) is 4.98 Å². The summed E-state index contributed by atoms with van der Waals surface area (Å²) in [6, 6.07) is 0. The molecule has 0 aromatic carbocycles. The van der Waals surface area contributed by atoms with E-state index in [0.717, 1.165) is 0 Å². The summed E-state index contributed by atoms with van der Waals surface area (Å²) in [5.74, 6) is 0.858. The van der Waals surface area contributed by atoms with Crippen LogP contribution in [0.4, 0.5) is 5.95 Å². The zero-order valence-electron chi connectivity index (χ0n) is 9.56. The molecule has 1 aromatic rings. The summed E-state index contributed by atoms with van der Waals surface area (Å²) >= 11 is 0. The first-order valence-corrected chi connectivity index (χ1v) is 4.93. The standard InChI is InChI=1S/C9H17N3O3/c1-5-13-8(14-6-2)7-10-9(11-15-7)12(3)4/h8H,5-6H2,1-4H3. The molecular formula is C9H17N3O3. The maximum Gasteiger partial charge on any atom is 0.285 e. The molecule has 0 spiro atoms. The van der Waals surface area contributed by atoms with Crippen molar-refractivity contribution in [3.05, 3.63) is 5.89 Å². The van der Waals surface area contributed by atoms with Crippen molar-refractivity contribution in [3.63, 3.8) is 0 Å². The fourth-order valence-electron chi connectivity index (χ4n) is 0.998. The van der Waals surface area contributed by atoms with Gasteiger partial charge in [-0.3, -0.25) is 0 Å². The van der Waals surface area contributed by atoms with E-state index in [-0.39, 0.29) is 0 Å². The molecule has 0 fully saturated rings. The van der Waals surface area contributed by atoms with E-state index in [4.69, 9.17) is 14.0 Å². The molecule has 0 aliphatic rings. The van der Waals surface area contributed by atoms with Crippen LogP contribution in [-0.2, 0) is 9.47 Å². The second-order valence-corrected chi connectivity index (χ2v) is 3.07. The van der Waals surface area contributed by atoms with Crippen LogP contribution in [0.3, 0.4) is 0 Å². The van der Waals surface area contributed by atoms with Crippen LogP contribution in [-0.4, -0.2) is 37.4 Å². The number of hydrogen-bond acceptors (Lipinski definition) is 6. The first kappa shape index (κ1) is 11.9. The van der Waals surface area contributed by atoms with Gasteiger partial charge in [-0.25, -0.2) is 0 Å². The van der Waals surface area contributed by atoms with Gasteiger partial charge in [0.05, 0.1) is 0 Å². The highest BCUT2D eigenvalue weighted by Gasteiger charge is 2.19. The van der Waals surface area contributed by atoms with Gasteiger partial charge in [0.2, 0.25) is 6.29 Å². The Morgan fingerprint density at radius 1 is 1.27 bits per heavy atom. The quantitative estimate of drug-likeness (QED) is 0.665. The van der Waals surface area contributed by atoms with Gasteiger partial charge in [0.1, 0.15) is 0 Å². The molecular weight excluding hydrogens is 198 g/mol. The molecule has 0 bridgehead atoms. The Bertz CT molecular complexity index is 282. The Balaban J connectivity index is 2.72. The molecule has 1 rings (SSSR count). The zero-order chi connectivity index (χ0) is 11.3. The van der Waals surface area contributed by atoms with Gasteiger partial charge >= 0.3 is 0 Å². The maximum absolute atomic E-state index is 5.32. The van der Waals surface area contributed by atoms with E-state index in [9.17, 15) is 0 Å². The summed E-state index contributed by atoms with van der Waals surface area (Å²) in [5, 5.41) is 3.78. The largest absolute Gasteiger partial charge is 0.345 e. The highest BCUT2D eigenvalue weighted by Crippen LogP contribution is 2.18. The van der Waals surface area contributed by atoms with Gasteiger partial charge in [-0.1, -0.05) is 0 Å². The summed E-state index contributed by atoms with van der Waals surface area (Å²) in [6.45, 7) is 4.83. The van der Waals surface area contributed by atoms with Gasteiger partial charge < -0.3 is 18.9 Å². The maximum atomic E-state index is 5.32. The SMILES string of the molecule is CCOC(OCC)c1nc(N(C)C)no1. The molecule has 0 amide bonds. The van der Waals surface area contributed by atoms with Gasteiger partial charge in [-0.05, 0) is 19.0 Å². The van der Waals surface area contributed by atoms with Crippen molar-refractivity contribution in [1.82, 2.24) is 10.1 Å². The number of nitrogens with zero attached hydrogens (tertiary/aromatic N) is 3. The number of anilines is 1. The molecule has 0 atom stereocenters. The van der Waals surface area contributed by atoms with Crippen LogP contribution in [0, 0.1) is 0 Å². The van der Waals surface area contributed by atoms with Crippen LogP contribution < -0.4 is 4.90 Å². The van der Waals surface area contributed by atoms with Crippen LogP contribution in [0.2, 0.25) is 0 Å². The Kier molecular flexibility index (Phi) is 4.51. The van der Waals surface area contributed by atoms with E-state index in [1.54, 1.807) is 4.90 Å². The number of rotatable bonds is 6. The van der Waals surface area contributed by atoms with Crippen molar-refractivity contribution >= 4 is 5.95 Å². The Morgan fingerprint density at radius 2 is 1.87 bits per heavy atom. The highest BCUT2D eigenvalue weighted by molar-refractivity contribution is 5.23. The predicted molar refractivity (Wildman–Crippen MR) is 54.6 cm³/mol. The van der Waals surface area contributed by atoms with E-state index < -0.39 is 6.29 Å². The van der Waals surface area contributed by atoms with E-state index >= 15 is 0 Å². The Hall–Kier alpha value is -1.14. The molecule has 0 saturated carbocycles. The Morgan fingerprint density at radius 3 is 2.27 bits per heavy atom. The smallest absolute Gasteiger partial charge is 0.285 e. The van der Waals surface area contributed by atoms with Gasteiger partial charge in [0, 0.05) is 27.3 Å². The summed E-state index contributed by atoms with van der Waals surface area (Å²) < 4.78 is 15.7. The molecule has 0 aliphatic carbocycles. The topological polar surface area (TPSA) is 60.6 Å². The minimum absolute atomic E-state index is 0.349. The first-order chi connectivity index (χ1) is 7.19. The summed E-state index contributed by atoms with van der Waals surface area (Å²) in [4.78, 5) is 5.90. The molecule has 86 valence electrons. The second kappa shape index (κ2) is 5.67. The zero-order valence-corrected chi connectivity index (χ0v) is 9.56. The van der Waals surface area contributed by atoms with Crippen LogP contribution in [0.25, 0.3) is 0 Å². The molecule has 0 N–H and O–H groups in total. The normalized spacial score (nSPS) is 11.0. The van der Waals surface area contributed by atoms with Gasteiger partial charge in [0.15, 0.2) is 0 Å². The fourth-order valence-corrected chi connectivity index (χ4v) is 0.998. The molecule has 15 heavy (non-hydrogen) atoms. The van der Waals surface area contributed by atoms with E-state index in [0.29, 0.717) is 25.1 Å². The van der Waals surface area contributed by atoms with Crippen molar-refractivity contribution in [2.45, 2.75) is 20.1 Å². The lowest BCUT2D eigenvalue weighted by atomic mass is 10.6. The second-order valence-electron chi connectivity index (χ2n) is 3.07. The van der Waals surface area contributed by atoms with Gasteiger partial charge in [-0.15, -0.1) is 0 Å². The van der Waals surface area contributed by atoms with Crippen LogP contribution in [0.1, 0.15) is 26.0 Å². The minimum atomic E-state index is -0.568. The lowest BCUT2D eigenvalue weighted by Gasteiger charge is -2.11. The lowest BCUT2D eigenvalue weighted by molar-refractivity contribution is -0.155. The molecule has 6 heteroatoms. The fraction of sp³-hybridized carbons (Fsp3) is 0.778. The molecule has 6 nitrogen and oxygen atoms in total. The third-order valence-corrected chi connectivity index (χ3v) is 1.67. The Labute approximate surface area is 89.2 Å². The van der Waals surface area contributed by atoms with E-state index in [1.807, 2.05) is 27.9 Å². The molecule has 1 aromatic heterocycles. The van der Waals surface area contributed by atoms with E-state index in [2.05, 4.69) is 10.1 Å². The van der Waals surface area contributed by atoms with Crippen molar-refractivity contribution < 1.29 is 14.0 Å². The van der Waals surface area contributed by atoms with Crippen molar-refractivity contribution in [2.75, 3.05) is 32.2 Å². The van der Waals surface area contributed by atoms with Crippen molar-refractivity contribution in [1.29, 1.82) is 0 Å². The monoisotopic (exact) mass is 215 g/mol. The van der Waals surface area contributed by atoms with Crippen LogP contribution in [0.15, 0.2) is 4.52 Å². The third-order valence-electron chi connectivity index (χ3n) is 1.67. The van der Waals surface area contributed by atoms with E-state index in [1.165, 1.54) is 0 Å². The average Bonchev–Trinajstić information content (AvgIpc) is 2.66. The van der Waals surface area contributed by atoms with Crippen molar-refractivity contribution in [2.24, 2.45) is 0 Å². The number of aromatic nitrogens is 2. The number of hydrogen-bond donors (Lipinski definition) is 0. The van der Waals surface area contributed by atoms with Crippen molar-refractivity contribution in [3.8, 4) is 0 Å². The third kappa shape index (κ3) is 3.17. The lowest BCUT2D eigenvalue weighted by Crippen LogP contribution is -2.12. The average molecular weight is 215 g/mol.